The molecular weight excluding hydrogens is 452 g/mol. The van der Waals surface area contributed by atoms with Gasteiger partial charge in [-0.15, -0.1) is 0 Å². The van der Waals surface area contributed by atoms with Crippen LogP contribution in [0, 0.1) is 11.6 Å². The second-order valence-corrected chi connectivity index (χ2v) is 9.56. The molecular formula is C27H25F2N3O3. The van der Waals surface area contributed by atoms with Crippen LogP contribution in [0.15, 0.2) is 67.0 Å². The van der Waals surface area contributed by atoms with E-state index in [1.807, 2.05) is 24.3 Å². The maximum absolute atomic E-state index is 14.6. The lowest BCUT2D eigenvalue weighted by molar-refractivity contribution is -0.124. The van der Waals surface area contributed by atoms with Crippen LogP contribution in [-0.2, 0) is 22.2 Å². The number of carboxylic acids is 1. The van der Waals surface area contributed by atoms with Crippen LogP contribution >= 0.6 is 0 Å². The number of pyridine rings is 1. The van der Waals surface area contributed by atoms with Crippen LogP contribution in [0.25, 0.3) is 10.9 Å². The van der Waals surface area contributed by atoms with Crippen molar-refractivity contribution in [3.63, 3.8) is 0 Å². The Labute approximate surface area is 201 Å². The Morgan fingerprint density at radius 2 is 1.57 bits per heavy atom. The Kier molecular flexibility index (Phi) is 5.92. The van der Waals surface area contributed by atoms with Gasteiger partial charge in [-0.05, 0) is 40.3 Å². The van der Waals surface area contributed by atoms with E-state index in [0.29, 0.717) is 5.56 Å². The normalized spacial score (nSPS) is 13.5. The SMILES string of the molecule is CC(C)(C)c1ccc(CC(C(N)=O)(c2ccc(F)cc2)n2ccc3c(F)cnc(C(=O)O)c32)cc1. The van der Waals surface area contributed by atoms with Gasteiger partial charge in [0, 0.05) is 18.0 Å². The lowest BCUT2D eigenvalue weighted by Gasteiger charge is -2.34. The van der Waals surface area contributed by atoms with Crippen molar-refractivity contribution in [1.29, 1.82) is 0 Å². The summed E-state index contributed by atoms with van der Waals surface area (Å²) in [6.45, 7) is 6.24. The van der Waals surface area contributed by atoms with Gasteiger partial charge in [0.1, 0.15) is 5.82 Å². The molecule has 0 spiro atoms. The molecule has 180 valence electrons. The lowest BCUT2D eigenvalue weighted by atomic mass is 9.81. The van der Waals surface area contributed by atoms with Crippen molar-refractivity contribution in [1.82, 2.24) is 9.55 Å². The number of carboxylic acid groups (broad SMARTS) is 1. The van der Waals surface area contributed by atoms with E-state index in [1.165, 1.54) is 41.1 Å². The average molecular weight is 478 g/mol. The summed E-state index contributed by atoms with van der Waals surface area (Å²) in [4.78, 5) is 29.0. The molecule has 0 radical (unpaired) electrons. The van der Waals surface area contributed by atoms with Crippen LogP contribution < -0.4 is 5.73 Å². The molecule has 3 N–H and O–H groups in total. The number of fused-ring (bicyclic) bond motifs is 1. The van der Waals surface area contributed by atoms with Gasteiger partial charge in [-0.25, -0.2) is 18.6 Å². The Morgan fingerprint density at radius 1 is 0.971 bits per heavy atom. The molecule has 1 atom stereocenters. The summed E-state index contributed by atoms with van der Waals surface area (Å²) < 4.78 is 29.8. The van der Waals surface area contributed by atoms with Crippen LogP contribution in [0.3, 0.4) is 0 Å². The second kappa shape index (κ2) is 8.61. The number of aromatic carboxylic acids is 1. The fourth-order valence-corrected chi connectivity index (χ4v) is 4.41. The van der Waals surface area contributed by atoms with Crippen molar-refractivity contribution in [2.24, 2.45) is 5.73 Å². The van der Waals surface area contributed by atoms with Crippen molar-refractivity contribution in [2.45, 2.75) is 38.1 Å². The van der Waals surface area contributed by atoms with Crippen LogP contribution in [0.4, 0.5) is 8.78 Å². The number of hydrogen-bond acceptors (Lipinski definition) is 3. The van der Waals surface area contributed by atoms with E-state index in [0.717, 1.165) is 17.3 Å². The van der Waals surface area contributed by atoms with Crippen molar-refractivity contribution in [3.05, 3.63) is 101 Å². The second-order valence-electron chi connectivity index (χ2n) is 9.56. The Hall–Kier alpha value is -4.07. The molecule has 1 amide bonds. The van der Waals surface area contributed by atoms with Gasteiger partial charge in [0.2, 0.25) is 5.91 Å². The molecule has 2 aromatic carbocycles. The molecule has 0 aliphatic heterocycles. The molecule has 0 saturated carbocycles. The predicted molar refractivity (Wildman–Crippen MR) is 128 cm³/mol. The van der Waals surface area contributed by atoms with Crippen molar-refractivity contribution in [3.8, 4) is 0 Å². The number of halogens is 2. The van der Waals surface area contributed by atoms with E-state index in [4.69, 9.17) is 5.73 Å². The van der Waals surface area contributed by atoms with Gasteiger partial charge in [-0.3, -0.25) is 4.79 Å². The van der Waals surface area contributed by atoms with Crippen molar-refractivity contribution in [2.75, 3.05) is 0 Å². The Balaban J connectivity index is 2.03. The first-order valence-electron chi connectivity index (χ1n) is 11.0. The number of nitrogens with zero attached hydrogens (tertiary/aromatic N) is 2. The number of aromatic nitrogens is 2. The molecule has 2 heterocycles. The van der Waals surface area contributed by atoms with Gasteiger partial charge < -0.3 is 15.4 Å². The summed E-state index contributed by atoms with van der Waals surface area (Å²) in [7, 11) is 0. The molecule has 4 rings (SSSR count). The quantitative estimate of drug-likeness (QED) is 0.418. The topological polar surface area (TPSA) is 98.2 Å². The minimum absolute atomic E-state index is 0.0116. The molecule has 0 saturated heterocycles. The van der Waals surface area contributed by atoms with Crippen LogP contribution in [-0.4, -0.2) is 26.5 Å². The molecule has 8 heteroatoms. The van der Waals surface area contributed by atoms with E-state index >= 15 is 0 Å². The fourth-order valence-electron chi connectivity index (χ4n) is 4.41. The third-order valence-electron chi connectivity index (χ3n) is 6.30. The van der Waals surface area contributed by atoms with Crippen LogP contribution in [0.2, 0.25) is 0 Å². The summed E-state index contributed by atoms with van der Waals surface area (Å²) in [5.41, 5.74) is 5.85. The number of rotatable bonds is 6. The smallest absolute Gasteiger partial charge is 0.356 e. The maximum Gasteiger partial charge on any atom is 0.356 e. The first-order valence-corrected chi connectivity index (χ1v) is 11.0. The maximum atomic E-state index is 14.6. The zero-order valence-corrected chi connectivity index (χ0v) is 19.5. The zero-order valence-electron chi connectivity index (χ0n) is 19.5. The molecule has 1 unspecified atom stereocenters. The highest BCUT2D eigenvalue weighted by atomic mass is 19.1. The van der Waals surface area contributed by atoms with E-state index < -0.39 is 34.7 Å². The lowest BCUT2D eigenvalue weighted by Crippen LogP contribution is -2.49. The number of nitrogens with two attached hydrogens (primary N) is 1. The monoisotopic (exact) mass is 477 g/mol. The first kappa shape index (κ1) is 24.1. The molecule has 35 heavy (non-hydrogen) atoms. The van der Waals surface area contributed by atoms with Crippen LogP contribution in [0.1, 0.15) is 48.0 Å². The van der Waals surface area contributed by atoms with Gasteiger partial charge in [0.15, 0.2) is 17.1 Å². The number of hydrogen-bond donors (Lipinski definition) is 2. The van der Waals surface area contributed by atoms with Gasteiger partial charge in [0.05, 0.1) is 11.7 Å². The van der Waals surface area contributed by atoms with Gasteiger partial charge in [0.25, 0.3) is 0 Å². The third kappa shape index (κ3) is 4.16. The Bertz CT molecular complexity index is 1420. The highest BCUT2D eigenvalue weighted by Crippen LogP contribution is 2.36. The minimum atomic E-state index is -1.70. The molecule has 6 nitrogen and oxygen atoms in total. The molecule has 0 bridgehead atoms. The third-order valence-corrected chi connectivity index (χ3v) is 6.30. The highest BCUT2D eigenvalue weighted by Gasteiger charge is 2.42. The number of amides is 1. The van der Waals surface area contributed by atoms with E-state index in [2.05, 4.69) is 25.8 Å². The van der Waals surface area contributed by atoms with Crippen molar-refractivity contribution < 1.29 is 23.5 Å². The van der Waals surface area contributed by atoms with Gasteiger partial charge in [-0.2, -0.15) is 0 Å². The van der Waals surface area contributed by atoms with Gasteiger partial charge in [-0.1, -0.05) is 57.2 Å². The minimum Gasteiger partial charge on any atom is -0.476 e. The number of carbonyl (C=O) groups excluding carboxylic acids is 1. The summed E-state index contributed by atoms with van der Waals surface area (Å²) in [5, 5.41) is 9.74. The molecule has 0 aliphatic rings. The van der Waals surface area contributed by atoms with Crippen LogP contribution in [0.5, 0.6) is 0 Å². The predicted octanol–water partition coefficient (Wildman–Crippen LogP) is 4.78. The number of benzene rings is 2. The Morgan fingerprint density at radius 3 is 2.11 bits per heavy atom. The van der Waals surface area contributed by atoms with Crippen molar-refractivity contribution >= 4 is 22.8 Å². The molecule has 4 aromatic rings. The standard InChI is InChI=1S/C27H25F2N3O3/c1-26(2,3)17-6-4-16(5-7-17)14-27(25(30)35,18-8-10-19(28)11-9-18)32-13-12-20-21(29)15-31-22(23(20)32)24(33)34/h4-13,15H,14H2,1-3H3,(H2,30,35)(H,33,34). The summed E-state index contributed by atoms with van der Waals surface area (Å²) >= 11 is 0. The van der Waals surface area contributed by atoms with E-state index in [1.54, 1.807) is 0 Å². The summed E-state index contributed by atoms with van der Waals surface area (Å²) in [6.07, 6.45) is 2.25. The summed E-state index contributed by atoms with van der Waals surface area (Å²) in [6, 6.07) is 14.2. The first-order chi connectivity index (χ1) is 16.4. The molecule has 0 aliphatic carbocycles. The zero-order chi connectivity index (χ0) is 25.5. The molecule has 2 aromatic heterocycles. The van der Waals surface area contributed by atoms with E-state index in [-0.39, 0.29) is 22.7 Å². The average Bonchev–Trinajstić information content (AvgIpc) is 3.24. The van der Waals surface area contributed by atoms with Gasteiger partial charge >= 0.3 is 5.97 Å². The van der Waals surface area contributed by atoms with E-state index in [9.17, 15) is 23.5 Å². The molecule has 0 fully saturated rings. The number of primary amides is 1. The summed E-state index contributed by atoms with van der Waals surface area (Å²) in [5.74, 6) is -3.46. The largest absolute Gasteiger partial charge is 0.476 e. The number of carbonyl (C=O) groups is 2. The highest BCUT2D eigenvalue weighted by molar-refractivity contribution is 6.02. The fraction of sp³-hybridized carbons (Fsp3) is 0.222.